The standard InChI is InChI=1S/C21H18N2O4S/c1-3-15-19(13-5-7-14(27-2)8-6-13)23-16-9-4-12(11-18(24)25)10-17(16)28-21(23)22-20(15)26/h4-10H,3,11H2,1-2H3,(H,24,25). The van der Waals surface area contributed by atoms with Crippen LogP contribution in [-0.4, -0.2) is 27.6 Å². The zero-order chi connectivity index (χ0) is 19.8. The zero-order valence-electron chi connectivity index (χ0n) is 15.4. The van der Waals surface area contributed by atoms with E-state index < -0.39 is 5.97 Å². The van der Waals surface area contributed by atoms with Crippen LogP contribution in [0.4, 0.5) is 0 Å². The molecule has 7 heteroatoms. The third-order valence-corrected chi connectivity index (χ3v) is 5.70. The van der Waals surface area contributed by atoms with Gasteiger partial charge in [0.05, 0.1) is 29.4 Å². The Balaban J connectivity index is 2.04. The minimum absolute atomic E-state index is 0.0410. The fraction of sp³-hybridized carbons (Fsp3) is 0.190. The highest BCUT2D eigenvalue weighted by Gasteiger charge is 2.18. The predicted molar refractivity (Wildman–Crippen MR) is 110 cm³/mol. The number of aliphatic carboxylic acids is 1. The van der Waals surface area contributed by atoms with Crippen molar-refractivity contribution in [2.45, 2.75) is 19.8 Å². The second-order valence-corrected chi connectivity index (χ2v) is 7.43. The Labute approximate surface area is 164 Å². The molecule has 0 aliphatic rings. The third kappa shape index (κ3) is 3.03. The van der Waals surface area contributed by atoms with E-state index >= 15 is 0 Å². The topological polar surface area (TPSA) is 80.9 Å². The number of rotatable bonds is 5. The molecule has 0 amide bonds. The summed E-state index contributed by atoms with van der Waals surface area (Å²) in [6, 6.07) is 13.2. The number of carboxylic acid groups (broad SMARTS) is 1. The van der Waals surface area contributed by atoms with Crippen molar-refractivity contribution in [3.8, 4) is 17.0 Å². The van der Waals surface area contributed by atoms with E-state index in [9.17, 15) is 9.59 Å². The number of nitrogens with zero attached hydrogens (tertiary/aromatic N) is 2. The van der Waals surface area contributed by atoms with Gasteiger partial charge >= 0.3 is 5.97 Å². The predicted octanol–water partition coefficient (Wildman–Crippen LogP) is 3.77. The monoisotopic (exact) mass is 394 g/mol. The molecule has 1 N–H and O–H groups in total. The number of aromatic nitrogens is 2. The van der Waals surface area contributed by atoms with E-state index in [2.05, 4.69) is 4.98 Å². The van der Waals surface area contributed by atoms with Crippen LogP contribution in [0.2, 0.25) is 0 Å². The third-order valence-electron chi connectivity index (χ3n) is 4.69. The van der Waals surface area contributed by atoms with Crippen molar-refractivity contribution in [3.05, 3.63) is 63.9 Å². The Hall–Kier alpha value is -3.19. The van der Waals surface area contributed by atoms with Crippen molar-refractivity contribution in [1.82, 2.24) is 9.38 Å². The van der Waals surface area contributed by atoms with Crippen molar-refractivity contribution < 1.29 is 14.6 Å². The van der Waals surface area contributed by atoms with Gasteiger partial charge in [-0.1, -0.05) is 24.3 Å². The first-order valence-corrected chi connectivity index (χ1v) is 9.66. The van der Waals surface area contributed by atoms with E-state index in [0.29, 0.717) is 16.9 Å². The summed E-state index contributed by atoms with van der Waals surface area (Å²) in [5.41, 5.74) is 3.76. The van der Waals surface area contributed by atoms with Gasteiger partial charge in [-0.3, -0.25) is 14.0 Å². The van der Waals surface area contributed by atoms with Crippen molar-refractivity contribution in [3.63, 3.8) is 0 Å². The number of ether oxygens (including phenoxy) is 1. The van der Waals surface area contributed by atoms with Gasteiger partial charge in [0.15, 0.2) is 4.96 Å². The maximum atomic E-state index is 12.7. The molecule has 2 aromatic heterocycles. The van der Waals surface area contributed by atoms with Crippen LogP contribution in [0.15, 0.2) is 47.3 Å². The number of methoxy groups -OCH3 is 1. The first kappa shape index (κ1) is 18.2. The van der Waals surface area contributed by atoms with E-state index in [0.717, 1.165) is 32.8 Å². The van der Waals surface area contributed by atoms with Crippen LogP contribution in [0.25, 0.3) is 26.4 Å². The Kier molecular flexibility index (Phi) is 4.60. The van der Waals surface area contributed by atoms with Crippen LogP contribution >= 0.6 is 11.3 Å². The largest absolute Gasteiger partial charge is 0.497 e. The maximum absolute atomic E-state index is 12.7. The molecule has 0 saturated carbocycles. The lowest BCUT2D eigenvalue weighted by Crippen LogP contribution is -2.16. The molecule has 0 spiro atoms. The van der Waals surface area contributed by atoms with Gasteiger partial charge in [0.2, 0.25) is 0 Å². The van der Waals surface area contributed by atoms with Crippen molar-refractivity contribution in [2.75, 3.05) is 7.11 Å². The van der Waals surface area contributed by atoms with Crippen LogP contribution in [0.5, 0.6) is 5.75 Å². The molecular formula is C21H18N2O4S. The van der Waals surface area contributed by atoms with Crippen LogP contribution < -0.4 is 10.3 Å². The molecule has 0 fully saturated rings. The first-order valence-electron chi connectivity index (χ1n) is 8.85. The van der Waals surface area contributed by atoms with E-state index in [4.69, 9.17) is 9.84 Å². The molecule has 28 heavy (non-hydrogen) atoms. The maximum Gasteiger partial charge on any atom is 0.307 e. The molecule has 6 nitrogen and oxygen atoms in total. The van der Waals surface area contributed by atoms with Crippen molar-refractivity contribution >= 4 is 32.5 Å². The molecule has 0 bridgehead atoms. The van der Waals surface area contributed by atoms with Gasteiger partial charge in [0.1, 0.15) is 5.75 Å². The van der Waals surface area contributed by atoms with Gasteiger partial charge in [-0.05, 0) is 53.9 Å². The number of benzene rings is 2. The Morgan fingerprint density at radius 1 is 1.21 bits per heavy atom. The molecule has 0 radical (unpaired) electrons. The summed E-state index contributed by atoms with van der Waals surface area (Å²) in [7, 11) is 1.61. The smallest absolute Gasteiger partial charge is 0.307 e. The van der Waals surface area contributed by atoms with Gasteiger partial charge in [-0.2, -0.15) is 4.98 Å². The Morgan fingerprint density at radius 2 is 1.96 bits per heavy atom. The van der Waals surface area contributed by atoms with Gasteiger partial charge in [0.25, 0.3) is 5.56 Å². The Bertz CT molecular complexity index is 1260. The number of fused-ring (bicyclic) bond motifs is 3. The lowest BCUT2D eigenvalue weighted by atomic mass is 10.0. The molecule has 4 aromatic rings. The van der Waals surface area contributed by atoms with Crippen LogP contribution in [0.3, 0.4) is 0 Å². The van der Waals surface area contributed by atoms with Crippen LogP contribution in [-0.2, 0) is 17.6 Å². The summed E-state index contributed by atoms with van der Waals surface area (Å²) in [6.45, 7) is 1.94. The highest BCUT2D eigenvalue weighted by Crippen LogP contribution is 2.33. The van der Waals surface area contributed by atoms with Crippen molar-refractivity contribution in [2.24, 2.45) is 0 Å². The Morgan fingerprint density at radius 3 is 2.61 bits per heavy atom. The SMILES string of the molecule is CCc1c(-c2ccc(OC)cc2)n2c(nc1=O)sc1cc(CC(=O)O)ccc12. The molecule has 0 unspecified atom stereocenters. The normalized spacial score (nSPS) is 11.2. The molecule has 0 aliphatic heterocycles. The molecule has 142 valence electrons. The lowest BCUT2D eigenvalue weighted by Gasteiger charge is -2.12. The quantitative estimate of drug-likeness (QED) is 0.557. The average Bonchev–Trinajstić information content (AvgIpc) is 3.03. The lowest BCUT2D eigenvalue weighted by molar-refractivity contribution is -0.136. The number of thiazole rings is 1. The number of hydrogen-bond donors (Lipinski definition) is 1. The fourth-order valence-electron chi connectivity index (χ4n) is 3.41. The summed E-state index contributed by atoms with van der Waals surface area (Å²) in [5, 5.41) is 9.05. The first-order chi connectivity index (χ1) is 13.5. The second kappa shape index (κ2) is 7.09. The minimum Gasteiger partial charge on any atom is -0.497 e. The highest BCUT2D eigenvalue weighted by molar-refractivity contribution is 7.23. The van der Waals surface area contributed by atoms with Crippen molar-refractivity contribution in [1.29, 1.82) is 0 Å². The number of carboxylic acids is 1. The summed E-state index contributed by atoms with van der Waals surface area (Å²) < 4.78 is 8.14. The van der Waals surface area contributed by atoms with E-state index in [1.165, 1.54) is 11.3 Å². The summed E-state index contributed by atoms with van der Waals surface area (Å²) in [4.78, 5) is 28.6. The summed E-state index contributed by atoms with van der Waals surface area (Å²) in [6.07, 6.45) is 0.519. The van der Waals surface area contributed by atoms with Gasteiger partial charge in [0, 0.05) is 5.56 Å². The van der Waals surface area contributed by atoms with E-state index in [1.807, 2.05) is 53.8 Å². The zero-order valence-corrected chi connectivity index (χ0v) is 16.2. The van der Waals surface area contributed by atoms with E-state index in [1.54, 1.807) is 7.11 Å². The molecule has 2 aromatic carbocycles. The molecule has 4 rings (SSSR count). The fourth-order valence-corrected chi connectivity index (χ4v) is 4.49. The number of hydrogen-bond acceptors (Lipinski definition) is 5. The van der Waals surface area contributed by atoms with Gasteiger partial charge in [-0.15, -0.1) is 0 Å². The van der Waals surface area contributed by atoms with Crippen LogP contribution in [0.1, 0.15) is 18.1 Å². The summed E-state index contributed by atoms with van der Waals surface area (Å²) >= 11 is 1.39. The second-order valence-electron chi connectivity index (χ2n) is 6.42. The average molecular weight is 394 g/mol. The molecule has 0 saturated heterocycles. The molecule has 0 aliphatic carbocycles. The summed E-state index contributed by atoms with van der Waals surface area (Å²) in [5.74, 6) is -0.131. The minimum atomic E-state index is -0.875. The van der Waals surface area contributed by atoms with Crippen LogP contribution in [0, 0.1) is 0 Å². The molecule has 2 heterocycles. The molecule has 0 atom stereocenters. The number of carbonyl (C=O) groups is 1. The molecular weight excluding hydrogens is 376 g/mol. The van der Waals surface area contributed by atoms with E-state index in [-0.39, 0.29) is 12.0 Å². The van der Waals surface area contributed by atoms with Gasteiger partial charge in [-0.25, -0.2) is 0 Å². The highest BCUT2D eigenvalue weighted by atomic mass is 32.1. The van der Waals surface area contributed by atoms with Gasteiger partial charge < -0.3 is 9.84 Å².